The van der Waals surface area contributed by atoms with Crippen LogP contribution in [-0.4, -0.2) is 5.97 Å². The fourth-order valence-corrected chi connectivity index (χ4v) is 2.71. The molecule has 3 rings (SSSR count). The maximum absolute atomic E-state index is 11.9. The molecular weight excluding hydrogens is 418 g/mol. The predicted octanol–water partition coefficient (Wildman–Crippen LogP) is 5.98. The van der Waals surface area contributed by atoms with Crippen LogP contribution in [0.2, 0.25) is 5.02 Å². The average Bonchev–Trinajstić information content (AvgIpc) is 3.07. The zero-order valence-corrected chi connectivity index (χ0v) is 15.6. The Balaban J connectivity index is 1.76. The van der Waals surface area contributed by atoms with Crippen LogP contribution in [0, 0.1) is 11.3 Å². The van der Waals surface area contributed by atoms with Gasteiger partial charge >= 0.3 is 5.97 Å². The van der Waals surface area contributed by atoms with Gasteiger partial charge in [-0.1, -0.05) is 35.9 Å². The van der Waals surface area contributed by atoms with E-state index >= 15 is 0 Å². The van der Waals surface area contributed by atoms with Crippen molar-refractivity contribution in [2.45, 2.75) is 0 Å². The van der Waals surface area contributed by atoms with Gasteiger partial charge in [0.25, 0.3) is 0 Å². The van der Waals surface area contributed by atoms with E-state index in [2.05, 4.69) is 22.0 Å². The van der Waals surface area contributed by atoms with Crippen molar-refractivity contribution in [1.29, 1.82) is 5.26 Å². The molecule has 3 aromatic rings. The number of benzene rings is 2. The summed E-state index contributed by atoms with van der Waals surface area (Å²) in [4.78, 5) is 11.9. The Bertz CT molecular complexity index is 1020. The summed E-state index contributed by atoms with van der Waals surface area (Å²) in [5.41, 5.74) is 2.01. The Kier molecular flexibility index (Phi) is 5.57. The van der Waals surface area contributed by atoms with Gasteiger partial charge in [-0.2, -0.15) is 5.26 Å². The summed E-state index contributed by atoms with van der Waals surface area (Å²) in [6.07, 6.45) is 1.74. The van der Waals surface area contributed by atoms with Crippen molar-refractivity contribution >= 4 is 45.1 Å². The Morgan fingerprint density at radius 3 is 2.54 bits per heavy atom. The van der Waals surface area contributed by atoms with E-state index in [1.165, 1.54) is 6.07 Å². The van der Waals surface area contributed by atoms with Crippen molar-refractivity contribution in [2.24, 2.45) is 0 Å². The lowest BCUT2D eigenvalue weighted by Crippen LogP contribution is -2.06. The topological polar surface area (TPSA) is 63.2 Å². The highest BCUT2D eigenvalue weighted by Crippen LogP contribution is 2.23. The number of furan rings is 1. The summed E-state index contributed by atoms with van der Waals surface area (Å²) in [7, 11) is 0. The lowest BCUT2D eigenvalue weighted by atomic mass is 10.0. The van der Waals surface area contributed by atoms with E-state index < -0.39 is 5.97 Å². The second-order valence-corrected chi connectivity index (χ2v) is 6.46. The number of hydrogen-bond donors (Lipinski definition) is 0. The summed E-state index contributed by atoms with van der Waals surface area (Å²) >= 11 is 9.11. The monoisotopic (exact) mass is 427 g/mol. The van der Waals surface area contributed by atoms with Crippen LogP contribution in [0.4, 0.5) is 0 Å². The molecule has 1 heterocycles. The molecule has 0 amide bonds. The predicted molar refractivity (Wildman–Crippen MR) is 103 cm³/mol. The van der Waals surface area contributed by atoms with Gasteiger partial charge in [-0.05, 0) is 69.5 Å². The van der Waals surface area contributed by atoms with Gasteiger partial charge in [0.05, 0.1) is 11.6 Å². The number of ether oxygens (including phenoxy) is 1. The number of carbonyl (C=O) groups is 1. The van der Waals surface area contributed by atoms with E-state index in [0.29, 0.717) is 21.0 Å². The molecule has 0 atom stereocenters. The Hall–Kier alpha value is -2.81. The van der Waals surface area contributed by atoms with Crippen LogP contribution < -0.4 is 4.74 Å². The Morgan fingerprint density at radius 1 is 1.15 bits per heavy atom. The number of carbonyl (C=O) groups excluding carboxylic acids is 1. The summed E-state index contributed by atoms with van der Waals surface area (Å²) in [6.45, 7) is 0. The van der Waals surface area contributed by atoms with Gasteiger partial charge in [-0.15, -0.1) is 0 Å². The normalized spacial score (nSPS) is 11.0. The van der Waals surface area contributed by atoms with Crippen molar-refractivity contribution < 1.29 is 13.9 Å². The maximum Gasteiger partial charge on any atom is 0.379 e. The van der Waals surface area contributed by atoms with Gasteiger partial charge in [-0.25, -0.2) is 4.79 Å². The third-order valence-corrected chi connectivity index (χ3v) is 4.09. The van der Waals surface area contributed by atoms with Crippen molar-refractivity contribution in [3.8, 4) is 11.8 Å². The fourth-order valence-electron chi connectivity index (χ4n) is 2.22. The van der Waals surface area contributed by atoms with Crippen LogP contribution in [0.3, 0.4) is 0 Å². The van der Waals surface area contributed by atoms with E-state index in [1.807, 2.05) is 6.07 Å². The number of allylic oxidation sites excluding steroid dienone is 1. The third-order valence-electron chi connectivity index (χ3n) is 3.43. The van der Waals surface area contributed by atoms with E-state index in [0.717, 1.165) is 11.1 Å². The summed E-state index contributed by atoms with van der Waals surface area (Å²) in [5.74, 6) is -0.106. The molecule has 0 radical (unpaired) electrons. The minimum absolute atomic E-state index is 0.105. The van der Waals surface area contributed by atoms with Crippen LogP contribution in [-0.2, 0) is 0 Å². The summed E-state index contributed by atoms with van der Waals surface area (Å²) in [5, 5.41) is 9.95. The van der Waals surface area contributed by atoms with Gasteiger partial charge in [0.1, 0.15) is 5.75 Å². The van der Waals surface area contributed by atoms with Crippen molar-refractivity contribution in [2.75, 3.05) is 0 Å². The Morgan fingerprint density at radius 2 is 1.92 bits per heavy atom. The molecule has 0 spiro atoms. The number of nitriles is 1. The second-order valence-electron chi connectivity index (χ2n) is 5.24. The molecule has 128 valence electrons. The van der Waals surface area contributed by atoms with Crippen LogP contribution in [0.15, 0.2) is 69.8 Å². The zero-order chi connectivity index (χ0) is 18.5. The van der Waals surface area contributed by atoms with Gasteiger partial charge in [0, 0.05) is 5.02 Å². The highest BCUT2D eigenvalue weighted by Gasteiger charge is 2.13. The minimum atomic E-state index is -0.587. The number of halogens is 2. The molecule has 0 unspecified atom stereocenters. The average molecular weight is 429 g/mol. The molecule has 2 aromatic carbocycles. The standard InChI is InChI=1S/C20H11BrClNO3/c21-19-9-8-18(26-19)20(24)25-17-6-4-13(5-7-17)10-15(12-23)14-2-1-3-16(22)11-14/h1-11H/b15-10-. The molecule has 0 N–H and O–H groups in total. The van der Waals surface area contributed by atoms with E-state index in [1.54, 1.807) is 54.6 Å². The third kappa shape index (κ3) is 4.42. The summed E-state index contributed by atoms with van der Waals surface area (Å²) in [6, 6.07) is 19.2. The first-order chi connectivity index (χ1) is 12.5. The van der Waals surface area contributed by atoms with Gasteiger partial charge in [0.15, 0.2) is 4.67 Å². The number of esters is 1. The smallest absolute Gasteiger partial charge is 0.379 e. The van der Waals surface area contributed by atoms with Crippen LogP contribution in [0.25, 0.3) is 11.6 Å². The molecule has 0 aliphatic carbocycles. The molecule has 0 bridgehead atoms. The van der Waals surface area contributed by atoms with Crippen LogP contribution in [0.5, 0.6) is 5.75 Å². The minimum Gasteiger partial charge on any atom is -0.442 e. The molecule has 0 fully saturated rings. The fraction of sp³-hybridized carbons (Fsp3) is 0. The van der Waals surface area contributed by atoms with E-state index in [4.69, 9.17) is 20.8 Å². The first-order valence-electron chi connectivity index (χ1n) is 7.50. The van der Waals surface area contributed by atoms with E-state index in [9.17, 15) is 10.1 Å². The summed E-state index contributed by atoms with van der Waals surface area (Å²) < 4.78 is 10.9. The lowest BCUT2D eigenvalue weighted by molar-refractivity contribution is 0.0700. The van der Waals surface area contributed by atoms with Crippen molar-refractivity contribution in [3.05, 3.63) is 87.2 Å². The highest BCUT2D eigenvalue weighted by molar-refractivity contribution is 9.10. The Labute approximate surface area is 163 Å². The molecule has 0 saturated carbocycles. The SMILES string of the molecule is N#C/C(=C/c1ccc(OC(=O)c2ccc(Br)o2)cc1)c1cccc(Cl)c1. The first kappa shape index (κ1) is 18.0. The number of rotatable bonds is 4. The van der Waals surface area contributed by atoms with Gasteiger partial charge < -0.3 is 9.15 Å². The van der Waals surface area contributed by atoms with E-state index in [-0.39, 0.29) is 5.76 Å². The maximum atomic E-state index is 11.9. The van der Waals surface area contributed by atoms with Gasteiger partial charge in [0.2, 0.25) is 5.76 Å². The second kappa shape index (κ2) is 8.05. The highest BCUT2D eigenvalue weighted by atomic mass is 79.9. The molecule has 1 aromatic heterocycles. The molecule has 0 aliphatic rings. The van der Waals surface area contributed by atoms with Crippen LogP contribution >= 0.6 is 27.5 Å². The zero-order valence-electron chi connectivity index (χ0n) is 13.3. The molecule has 0 aliphatic heterocycles. The molecule has 26 heavy (non-hydrogen) atoms. The van der Waals surface area contributed by atoms with Crippen molar-refractivity contribution in [3.63, 3.8) is 0 Å². The van der Waals surface area contributed by atoms with Crippen molar-refractivity contribution in [1.82, 2.24) is 0 Å². The molecule has 4 nitrogen and oxygen atoms in total. The number of nitrogens with zero attached hydrogens (tertiary/aromatic N) is 1. The number of hydrogen-bond acceptors (Lipinski definition) is 4. The molecule has 6 heteroatoms. The van der Waals surface area contributed by atoms with Crippen LogP contribution in [0.1, 0.15) is 21.7 Å². The first-order valence-corrected chi connectivity index (χ1v) is 8.67. The molecule has 0 saturated heterocycles. The molecular formula is C20H11BrClNO3. The quantitative estimate of drug-likeness (QED) is 0.222. The largest absolute Gasteiger partial charge is 0.442 e. The lowest BCUT2D eigenvalue weighted by Gasteiger charge is -2.04. The van der Waals surface area contributed by atoms with Gasteiger partial charge in [-0.3, -0.25) is 0 Å².